The van der Waals surface area contributed by atoms with Crippen molar-refractivity contribution in [2.24, 2.45) is 11.8 Å². The maximum Gasteiger partial charge on any atom is 0.470 e. The van der Waals surface area contributed by atoms with E-state index in [4.69, 9.17) is 0 Å². The Morgan fingerprint density at radius 1 is 0.627 bits per heavy atom. The number of carbonyl (C=O) groups is 2. The Morgan fingerprint density at radius 2 is 1.03 bits per heavy atom. The van der Waals surface area contributed by atoms with Gasteiger partial charge in [-0.1, -0.05) is 55.5 Å². The van der Waals surface area contributed by atoms with Crippen LogP contribution in [0.15, 0.2) is 106 Å². The van der Waals surface area contributed by atoms with E-state index >= 15 is 0 Å². The maximum atomic E-state index is 15.0. The number of hydrogen-bond donors (Lipinski definition) is 1. The number of carbonyl (C=O) groups excluding carboxylic acids is 2. The molecule has 4 aromatic carbocycles. The van der Waals surface area contributed by atoms with E-state index in [1.807, 2.05) is 24.3 Å². The van der Waals surface area contributed by atoms with Gasteiger partial charge in [-0.2, -0.15) is 26.3 Å². The van der Waals surface area contributed by atoms with E-state index in [-0.39, 0.29) is 71.4 Å². The largest absolute Gasteiger partial charge is 0.470 e. The highest BCUT2D eigenvalue weighted by Gasteiger charge is 2.39. The van der Waals surface area contributed by atoms with Gasteiger partial charge in [-0.05, 0) is 107 Å². The summed E-state index contributed by atoms with van der Waals surface area (Å²) < 4.78 is 115. The quantitative estimate of drug-likeness (QED) is 0.125. The molecule has 0 radical (unpaired) electrons. The molecule has 0 spiro atoms. The second-order valence-corrected chi connectivity index (χ2v) is 15.7. The molecule has 356 valence electrons. The highest BCUT2D eigenvalue weighted by atomic mass is 35.5. The van der Waals surface area contributed by atoms with Crippen LogP contribution in [0.5, 0.6) is 0 Å². The molecule has 2 saturated heterocycles. The van der Waals surface area contributed by atoms with E-state index in [0.29, 0.717) is 24.2 Å². The van der Waals surface area contributed by atoms with Crippen molar-refractivity contribution in [1.29, 1.82) is 0 Å². The lowest BCUT2D eigenvalue weighted by Gasteiger charge is -2.34. The first-order valence-electron chi connectivity index (χ1n) is 21.1. The number of alkyl halides is 6. The second kappa shape index (κ2) is 22.0. The standard InChI is InChI=1S/C24H24F4N4O2.C22H20F4N4O2.ClH/c1-2-31-12-10-16(11-13-31)22(33)32(19-6-4-3-5-7-19)15-18-9-8-17(14-20(18)25)21-29-30-23(34-21)24(26,27)28;23-18-12-15(19-28-29-21(32-19)22(24,25)26)6-7-16(18)13-30(17-4-2-1-3-5-17)20(31)14-8-10-27-11-9-14;/h3-9,14,16H,2,10-13,15H2,1H3;1-7,12,14,27H,8-11,13H2;1H. The van der Waals surface area contributed by atoms with Crippen LogP contribution in [-0.2, 0) is 35.0 Å². The lowest BCUT2D eigenvalue weighted by Crippen LogP contribution is -2.42. The van der Waals surface area contributed by atoms with Gasteiger partial charge in [-0.25, -0.2) is 8.78 Å². The van der Waals surface area contributed by atoms with E-state index in [9.17, 15) is 44.7 Å². The van der Waals surface area contributed by atoms with E-state index in [1.54, 1.807) is 46.2 Å². The van der Waals surface area contributed by atoms with E-state index in [0.717, 1.165) is 57.7 Å². The van der Waals surface area contributed by atoms with Crippen LogP contribution in [-0.4, -0.2) is 69.8 Å². The van der Waals surface area contributed by atoms with Gasteiger partial charge in [0.05, 0.1) is 13.1 Å². The number of aromatic nitrogens is 4. The molecule has 2 aliphatic rings. The number of piperidine rings is 2. The molecule has 21 heteroatoms. The van der Waals surface area contributed by atoms with Crippen LogP contribution in [0.2, 0.25) is 0 Å². The minimum Gasteiger partial charge on any atom is -0.413 e. The van der Waals surface area contributed by atoms with Crippen LogP contribution in [0.25, 0.3) is 22.9 Å². The Hall–Kier alpha value is -6.25. The monoisotopic (exact) mass is 960 g/mol. The van der Waals surface area contributed by atoms with Gasteiger partial charge in [0.15, 0.2) is 0 Å². The molecule has 1 N–H and O–H groups in total. The van der Waals surface area contributed by atoms with Gasteiger partial charge in [-0.15, -0.1) is 32.8 Å². The molecule has 2 aliphatic heterocycles. The number of anilines is 2. The molecular weight excluding hydrogens is 916 g/mol. The number of benzene rings is 4. The number of para-hydroxylation sites is 2. The minimum atomic E-state index is -4.78. The summed E-state index contributed by atoms with van der Waals surface area (Å²) in [5.74, 6) is -5.73. The van der Waals surface area contributed by atoms with Crippen molar-refractivity contribution in [2.45, 2.75) is 58.0 Å². The third kappa shape index (κ3) is 12.6. The third-order valence-electron chi connectivity index (χ3n) is 11.3. The van der Waals surface area contributed by atoms with Crippen LogP contribution in [0, 0.1) is 23.5 Å². The Bertz CT molecular complexity index is 2560. The summed E-state index contributed by atoms with van der Waals surface area (Å²) in [4.78, 5) is 32.1. The topological polar surface area (TPSA) is 134 Å². The Kier molecular flexibility index (Phi) is 16.5. The first-order valence-corrected chi connectivity index (χ1v) is 21.1. The van der Waals surface area contributed by atoms with Gasteiger partial charge >= 0.3 is 24.1 Å². The molecule has 8 rings (SSSR count). The van der Waals surface area contributed by atoms with Gasteiger partial charge in [0, 0.05) is 45.5 Å². The zero-order valence-electron chi connectivity index (χ0n) is 35.9. The third-order valence-corrected chi connectivity index (χ3v) is 11.3. The molecule has 0 aliphatic carbocycles. The molecular formula is C46H45ClF8N8O4. The normalized spacial score (nSPS) is 15.0. The summed E-state index contributed by atoms with van der Waals surface area (Å²) in [6, 6.07) is 25.7. The highest BCUT2D eigenvalue weighted by Crippen LogP contribution is 2.34. The maximum absolute atomic E-state index is 15.0. The van der Waals surface area contributed by atoms with Crippen molar-refractivity contribution in [3.8, 4) is 22.9 Å². The first-order chi connectivity index (χ1) is 31.6. The zero-order chi connectivity index (χ0) is 47.0. The molecule has 0 bridgehead atoms. The fourth-order valence-corrected chi connectivity index (χ4v) is 7.68. The summed E-state index contributed by atoms with van der Waals surface area (Å²) in [5.41, 5.74) is 1.78. The number of hydrogen-bond acceptors (Lipinski definition) is 10. The summed E-state index contributed by atoms with van der Waals surface area (Å²) in [6.07, 6.45) is -6.71. The highest BCUT2D eigenvalue weighted by molar-refractivity contribution is 5.95. The van der Waals surface area contributed by atoms with Gasteiger partial charge in [0.1, 0.15) is 11.6 Å². The lowest BCUT2D eigenvalue weighted by molar-refractivity contribution is -0.157. The predicted octanol–water partition coefficient (Wildman–Crippen LogP) is 10.0. The average Bonchev–Trinajstić information content (AvgIpc) is 4.04. The molecule has 2 aromatic heterocycles. The number of halogens is 9. The van der Waals surface area contributed by atoms with Crippen molar-refractivity contribution >= 4 is 35.6 Å². The van der Waals surface area contributed by atoms with Crippen molar-refractivity contribution in [3.63, 3.8) is 0 Å². The Labute approximate surface area is 385 Å². The molecule has 4 heterocycles. The fraction of sp³-hybridized carbons (Fsp3) is 0.348. The molecule has 0 unspecified atom stereocenters. The molecule has 2 fully saturated rings. The number of nitrogens with one attached hydrogen (secondary N) is 1. The summed E-state index contributed by atoms with van der Waals surface area (Å²) in [6.45, 7) is 6.15. The van der Waals surface area contributed by atoms with Crippen LogP contribution >= 0.6 is 12.4 Å². The van der Waals surface area contributed by atoms with E-state index in [1.165, 1.54) is 24.3 Å². The zero-order valence-corrected chi connectivity index (χ0v) is 36.7. The fourth-order valence-electron chi connectivity index (χ4n) is 7.68. The number of likely N-dealkylation sites (tertiary alicyclic amines) is 1. The lowest BCUT2D eigenvalue weighted by atomic mass is 9.94. The number of amides is 2. The van der Waals surface area contributed by atoms with Gasteiger partial charge in [0.2, 0.25) is 23.6 Å². The van der Waals surface area contributed by atoms with E-state index < -0.39 is 47.5 Å². The van der Waals surface area contributed by atoms with E-state index in [2.05, 4.69) is 46.4 Å². The molecule has 67 heavy (non-hydrogen) atoms. The first kappa shape index (κ1) is 50.2. The predicted molar refractivity (Wildman–Crippen MR) is 232 cm³/mol. The summed E-state index contributed by atoms with van der Waals surface area (Å²) >= 11 is 0. The molecule has 6 aromatic rings. The SMILES string of the molecule is CCN1CCC(C(=O)N(Cc2ccc(-c3nnc(C(F)(F)F)o3)cc2F)c2ccccc2)CC1.Cl.O=C(C1CCNCC1)N(Cc1ccc(-c2nnc(C(F)(F)F)o2)cc1F)c1ccccc1. The van der Waals surface area contributed by atoms with Crippen LogP contribution in [0.3, 0.4) is 0 Å². The van der Waals surface area contributed by atoms with Crippen LogP contribution in [0.1, 0.15) is 55.5 Å². The van der Waals surface area contributed by atoms with Crippen molar-refractivity contribution < 1.29 is 53.5 Å². The van der Waals surface area contributed by atoms with Crippen molar-refractivity contribution in [1.82, 2.24) is 30.6 Å². The Balaban J connectivity index is 0.000000218. The van der Waals surface area contributed by atoms with Gasteiger partial charge in [-0.3, -0.25) is 9.59 Å². The average molecular weight is 961 g/mol. The van der Waals surface area contributed by atoms with Crippen LogP contribution < -0.4 is 15.1 Å². The molecule has 0 atom stereocenters. The van der Waals surface area contributed by atoms with Crippen LogP contribution in [0.4, 0.5) is 46.5 Å². The Morgan fingerprint density at radius 3 is 1.39 bits per heavy atom. The smallest absolute Gasteiger partial charge is 0.413 e. The molecule has 0 saturated carbocycles. The minimum absolute atomic E-state index is 0. The molecule has 2 amide bonds. The second-order valence-electron chi connectivity index (χ2n) is 15.7. The van der Waals surface area contributed by atoms with Gasteiger partial charge < -0.3 is 28.9 Å². The van der Waals surface area contributed by atoms with Gasteiger partial charge in [0.25, 0.3) is 0 Å². The number of rotatable bonds is 11. The molecule has 12 nitrogen and oxygen atoms in total. The summed E-state index contributed by atoms with van der Waals surface area (Å²) in [7, 11) is 0. The number of nitrogens with zero attached hydrogens (tertiary/aromatic N) is 7. The summed E-state index contributed by atoms with van der Waals surface area (Å²) in [5, 5.41) is 15.9. The van der Waals surface area contributed by atoms with Crippen molar-refractivity contribution in [3.05, 3.63) is 132 Å². The van der Waals surface area contributed by atoms with Crippen molar-refractivity contribution in [2.75, 3.05) is 42.5 Å².